The zero-order chi connectivity index (χ0) is 27.0. The molecule has 4 heterocycles. The summed E-state index contributed by atoms with van der Waals surface area (Å²) < 4.78 is 27.8. The number of carbonyl (C=O) groups is 2. The number of ether oxygens (including phenoxy) is 1. The van der Waals surface area contributed by atoms with Crippen molar-refractivity contribution in [2.24, 2.45) is 7.05 Å². The highest BCUT2D eigenvalue weighted by molar-refractivity contribution is 6.00. The maximum absolute atomic E-state index is 13.1. The van der Waals surface area contributed by atoms with Crippen molar-refractivity contribution < 1.29 is 18.4 Å². The van der Waals surface area contributed by atoms with Gasteiger partial charge in [0, 0.05) is 49.5 Å². The molecule has 1 saturated heterocycles. The number of hydrogen-bond acceptors (Lipinski definition) is 9. The predicted molar refractivity (Wildman–Crippen MR) is 127 cm³/mol. The number of aryl methyl sites for hydroxylation is 1. The van der Waals surface area contributed by atoms with E-state index in [1.54, 1.807) is 19.3 Å². The van der Waals surface area contributed by atoms with E-state index in [-0.39, 0.29) is 35.1 Å². The zero-order valence-electron chi connectivity index (χ0n) is 22.2. The van der Waals surface area contributed by atoms with Crippen LogP contribution in [0, 0.1) is 0 Å². The second-order valence-electron chi connectivity index (χ2n) is 8.22. The lowest BCUT2D eigenvalue weighted by Crippen LogP contribution is -2.43. The monoisotopic (exact) mass is 481 g/mol. The largest absolute Gasteiger partial charge is 0.492 e. The Morgan fingerprint density at radius 2 is 2.14 bits per heavy atom. The highest BCUT2D eigenvalue weighted by atomic mass is 16.5. The Balaban J connectivity index is 1.52. The highest BCUT2D eigenvalue weighted by Crippen LogP contribution is 2.36. The van der Waals surface area contributed by atoms with Gasteiger partial charge in [-0.2, -0.15) is 15.0 Å². The van der Waals surface area contributed by atoms with Gasteiger partial charge in [0.15, 0.2) is 23.1 Å². The van der Waals surface area contributed by atoms with Crippen molar-refractivity contribution in [3.8, 4) is 17.0 Å². The molecule has 1 aliphatic heterocycles. The van der Waals surface area contributed by atoms with Gasteiger partial charge in [0.25, 0.3) is 5.91 Å². The number of amides is 3. The van der Waals surface area contributed by atoms with E-state index in [1.807, 2.05) is 10.2 Å². The van der Waals surface area contributed by atoms with Gasteiger partial charge in [-0.1, -0.05) is 0 Å². The van der Waals surface area contributed by atoms with Gasteiger partial charge in [-0.05, 0) is 25.3 Å². The van der Waals surface area contributed by atoms with Crippen LogP contribution in [0.5, 0.6) is 5.75 Å². The molecule has 0 radical (unpaired) electrons. The fourth-order valence-electron chi connectivity index (χ4n) is 4.18. The molecule has 13 nitrogen and oxygen atoms in total. The number of nitrogens with one attached hydrogen (secondary N) is 2. The molecule has 1 saturated carbocycles. The fraction of sp³-hybridized carbons (Fsp3) is 0.409. The van der Waals surface area contributed by atoms with E-state index in [0.29, 0.717) is 30.1 Å². The number of aromatic nitrogens is 6. The van der Waals surface area contributed by atoms with Gasteiger partial charge in [-0.3, -0.25) is 9.69 Å². The molecule has 13 heteroatoms. The fourth-order valence-corrected chi connectivity index (χ4v) is 4.18. The molecular weight excluding hydrogens is 452 g/mol. The number of anilines is 3. The van der Waals surface area contributed by atoms with Gasteiger partial charge < -0.3 is 20.3 Å². The number of pyridine rings is 1. The van der Waals surface area contributed by atoms with E-state index in [4.69, 9.17) is 8.85 Å². The summed E-state index contributed by atoms with van der Waals surface area (Å²) in [5.74, 6) is -0.239. The van der Waals surface area contributed by atoms with Crippen molar-refractivity contribution in [2.45, 2.75) is 25.3 Å². The van der Waals surface area contributed by atoms with Crippen LogP contribution in [0.2, 0.25) is 0 Å². The molecule has 5 rings (SSSR count). The Hall–Kier alpha value is -4.29. The lowest BCUT2D eigenvalue weighted by Gasteiger charge is -2.34. The van der Waals surface area contributed by atoms with Crippen molar-refractivity contribution in [3.63, 3.8) is 0 Å². The molecule has 0 aromatic carbocycles. The Bertz CT molecular complexity index is 1370. The summed E-state index contributed by atoms with van der Waals surface area (Å²) in [7, 11) is 3.14. The Labute approximate surface area is 205 Å². The van der Waals surface area contributed by atoms with Crippen LogP contribution in [0.1, 0.15) is 33.9 Å². The highest BCUT2D eigenvalue weighted by Gasteiger charge is 2.38. The summed E-state index contributed by atoms with van der Waals surface area (Å²) in [6, 6.07) is 3.21. The van der Waals surface area contributed by atoms with E-state index in [0.717, 1.165) is 19.3 Å². The summed E-state index contributed by atoms with van der Waals surface area (Å²) in [6.07, 6.45) is 6.13. The minimum Gasteiger partial charge on any atom is -0.492 e. The van der Waals surface area contributed by atoms with Crippen LogP contribution in [-0.4, -0.2) is 80.2 Å². The number of nitrogens with zero attached hydrogens (tertiary/aromatic N) is 8. The molecule has 35 heavy (non-hydrogen) atoms. The van der Waals surface area contributed by atoms with Crippen LogP contribution in [-0.2, 0) is 7.05 Å². The molecule has 0 atom stereocenters. The van der Waals surface area contributed by atoms with Crippen molar-refractivity contribution in [1.82, 2.24) is 40.4 Å². The van der Waals surface area contributed by atoms with Gasteiger partial charge >= 0.3 is 6.03 Å². The SMILES string of the molecule is [2H]C([2H])([2H])NC(=O)c1nnc(N2CCN(C3CCC3)C2=O)cc1Nc1nccc(-c2cnn(C)n2)c1OC. The first-order valence-electron chi connectivity index (χ1n) is 12.6. The molecule has 0 bridgehead atoms. The summed E-state index contributed by atoms with van der Waals surface area (Å²) in [5, 5.41) is 21.4. The number of carbonyl (C=O) groups excluding carboxylic acids is 2. The Morgan fingerprint density at radius 1 is 1.29 bits per heavy atom. The first-order chi connectivity index (χ1) is 18.1. The van der Waals surface area contributed by atoms with E-state index in [1.165, 1.54) is 29.1 Å². The van der Waals surface area contributed by atoms with Crippen molar-refractivity contribution in [1.29, 1.82) is 0 Å². The molecule has 2 N–H and O–H groups in total. The lowest BCUT2D eigenvalue weighted by atomic mass is 9.92. The van der Waals surface area contributed by atoms with Gasteiger partial charge in [0.1, 0.15) is 5.69 Å². The average molecular weight is 482 g/mol. The predicted octanol–water partition coefficient (Wildman–Crippen LogP) is 1.57. The van der Waals surface area contributed by atoms with E-state index in [9.17, 15) is 9.59 Å². The van der Waals surface area contributed by atoms with Gasteiger partial charge in [0.2, 0.25) is 0 Å². The van der Waals surface area contributed by atoms with E-state index >= 15 is 0 Å². The van der Waals surface area contributed by atoms with Crippen molar-refractivity contribution >= 4 is 29.3 Å². The smallest absolute Gasteiger partial charge is 0.326 e. The summed E-state index contributed by atoms with van der Waals surface area (Å²) in [4.78, 5) is 35.0. The minimum atomic E-state index is -2.75. The van der Waals surface area contributed by atoms with E-state index < -0.39 is 12.9 Å². The van der Waals surface area contributed by atoms with Crippen LogP contribution in [0.15, 0.2) is 24.5 Å². The molecule has 1 aliphatic carbocycles. The maximum atomic E-state index is 13.1. The molecule has 3 aromatic heterocycles. The Morgan fingerprint density at radius 3 is 2.83 bits per heavy atom. The molecular formula is C22H26N10O3. The Kier molecular flexibility index (Phi) is 4.99. The third-order valence-electron chi connectivity index (χ3n) is 6.18. The summed E-state index contributed by atoms with van der Waals surface area (Å²) in [5.41, 5.74) is 0.914. The van der Waals surface area contributed by atoms with Gasteiger partial charge in [0.05, 0.1) is 24.6 Å². The third-order valence-corrected chi connectivity index (χ3v) is 6.18. The quantitative estimate of drug-likeness (QED) is 0.514. The lowest BCUT2D eigenvalue weighted by molar-refractivity contribution is 0.0958. The average Bonchev–Trinajstić information content (AvgIpc) is 3.42. The van der Waals surface area contributed by atoms with Gasteiger partial charge in [-0.15, -0.1) is 10.2 Å². The van der Waals surface area contributed by atoms with Crippen LogP contribution in [0.3, 0.4) is 0 Å². The molecule has 3 amide bonds. The first kappa shape index (κ1) is 19.1. The zero-order valence-corrected chi connectivity index (χ0v) is 19.2. The van der Waals surface area contributed by atoms with Crippen molar-refractivity contribution in [3.05, 3.63) is 30.2 Å². The molecule has 0 spiro atoms. The summed E-state index contributed by atoms with van der Waals surface area (Å²) in [6.45, 7) is -1.77. The topological polar surface area (TPSA) is 143 Å². The van der Waals surface area contributed by atoms with Crippen LogP contribution >= 0.6 is 0 Å². The molecule has 2 fully saturated rings. The molecule has 0 unspecified atom stereocenters. The maximum Gasteiger partial charge on any atom is 0.326 e. The minimum absolute atomic E-state index is 0.0914. The number of rotatable bonds is 7. The second-order valence-corrected chi connectivity index (χ2v) is 8.22. The molecule has 182 valence electrons. The van der Waals surface area contributed by atoms with E-state index in [2.05, 4.69) is 30.7 Å². The molecule has 3 aromatic rings. The van der Waals surface area contributed by atoms with Crippen LogP contribution in [0.25, 0.3) is 11.3 Å². The molecule has 2 aliphatic rings. The van der Waals surface area contributed by atoms with Crippen LogP contribution in [0.4, 0.5) is 22.1 Å². The number of methoxy groups -OCH3 is 1. The standard InChI is InChI=1S/C22H26N10O3/c1-23-21(33)18-15(11-17(27-28-18)32-10-9-31(22(32)34)13-5-4-6-13)26-20-19(35-3)14(7-8-24-20)16-12-25-30(2)29-16/h7-8,11-13H,4-6,9-10H2,1-3H3,(H,23,33)(H,24,26,27)/i1D3. The normalized spacial score (nSPS) is 17.4. The van der Waals surface area contributed by atoms with Gasteiger partial charge in [-0.25, -0.2) is 9.78 Å². The van der Waals surface area contributed by atoms with Crippen LogP contribution < -0.4 is 20.3 Å². The number of hydrogen-bond donors (Lipinski definition) is 2. The second kappa shape index (κ2) is 9.16. The third kappa shape index (κ3) is 4.09. The van der Waals surface area contributed by atoms with Crippen molar-refractivity contribution in [2.75, 3.05) is 37.4 Å². The number of urea groups is 1. The summed E-state index contributed by atoms with van der Waals surface area (Å²) >= 11 is 0. The first-order valence-corrected chi connectivity index (χ1v) is 11.1.